The van der Waals surface area contributed by atoms with Gasteiger partial charge in [-0.1, -0.05) is 26.0 Å². The van der Waals surface area contributed by atoms with Crippen LogP contribution in [0.3, 0.4) is 0 Å². The molecule has 0 aliphatic heterocycles. The average molecular weight is 401 g/mol. The Kier molecular flexibility index (Phi) is 5.42. The summed E-state index contributed by atoms with van der Waals surface area (Å²) in [6, 6.07) is 9.38. The van der Waals surface area contributed by atoms with Crippen molar-refractivity contribution in [3.8, 4) is 5.75 Å². The normalized spacial score (nSPS) is 10.6. The predicted molar refractivity (Wildman–Crippen MR) is 91.8 cm³/mol. The van der Waals surface area contributed by atoms with Crippen molar-refractivity contribution >= 4 is 45.5 Å². The Morgan fingerprint density at radius 3 is 2.80 bits per heavy atom. The van der Waals surface area contributed by atoms with Gasteiger partial charge in [0.25, 0.3) is 5.91 Å². The van der Waals surface area contributed by atoms with E-state index < -0.39 is 0 Å². The molecule has 2 rings (SSSR count). The molecular weight excluding hydrogens is 385 g/mol. The van der Waals surface area contributed by atoms with Crippen LogP contribution >= 0.6 is 33.9 Å². The Hall–Kier alpha value is -1.08. The summed E-state index contributed by atoms with van der Waals surface area (Å²) in [6.45, 7) is 4.81. The second-order valence-corrected chi connectivity index (χ2v) is 7.60. The Balaban J connectivity index is 2.10. The number of hydrogen-bond acceptors (Lipinski definition) is 3. The number of anilines is 1. The van der Waals surface area contributed by atoms with Crippen LogP contribution in [-0.4, -0.2) is 12.5 Å². The summed E-state index contributed by atoms with van der Waals surface area (Å²) in [5, 5.41) is 4.76. The largest absolute Gasteiger partial charge is 0.491 e. The fourth-order valence-corrected chi connectivity index (χ4v) is 2.90. The first kappa shape index (κ1) is 15.3. The zero-order chi connectivity index (χ0) is 14.5. The molecule has 3 nitrogen and oxygen atoms in total. The number of ether oxygens (including phenoxy) is 1. The van der Waals surface area contributed by atoms with Crippen LogP contribution in [0, 0.1) is 8.80 Å². The molecule has 1 N–H and O–H groups in total. The molecule has 0 aliphatic rings. The van der Waals surface area contributed by atoms with Crippen LogP contribution in [0.5, 0.6) is 5.75 Å². The lowest BCUT2D eigenvalue weighted by Gasteiger charge is -2.13. The second-order valence-electron chi connectivity index (χ2n) is 4.79. The fourth-order valence-electron chi connectivity index (χ4n) is 1.58. The topological polar surface area (TPSA) is 38.3 Å². The molecule has 0 saturated carbocycles. The Morgan fingerprint density at radius 1 is 1.40 bits per heavy atom. The summed E-state index contributed by atoms with van der Waals surface area (Å²) in [6.07, 6.45) is 0. The molecule has 0 fully saturated rings. The van der Waals surface area contributed by atoms with Gasteiger partial charge in [-0.25, -0.2) is 0 Å². The highest BCUT2D eigenvalue weighted by Crippen LogP contribution is 2.25. The molecule has 106 valence electrons. The van der Waals surface area contributed by atoms with E-state index >= 15 is 0 Å². The maximum atomic E-state index is 12.2. The molecule has 20 heavy (non-hydrogen) atoms. The van der Waals surface area contributed by atoms with E-state index in [1.165, 1.54) is 0 Å². The molecule has 0 radical (unpaired) electrons. The number of hydrogen-bond donors (Lipinski definition) is 1. The van der Waals surface area contributed by atoms with Crippen LogP contribution in [0.4, 0.5) is 5.69 Å². The first-order chi connectivity index (χ1) is 9.56. The van der Waals surface area contributed by atoms with E-state index in [0.29, 0.717) is 29.5 Å². The van der Waals surface area contributed by atoms with Crippen LogP contribution in [0.1, 0.15) is 24.2 Å². The van der Waals surface area contributed by atoms with E-state index in [0.717, 1.165) is 2.88 Å². The smallest absolute Gasteiger partial charge is 0.256 e. The zero-order valence-corrected chi connectivity index (χ0v) is 14.3. The first-order valence-electron chi connectivity index (χ1n) is 6.33. The molecular formula is C15H16INO2S. The van der Waals surface area contributed by atoms with E-state index in [4.69, 9.17) is 4.74 Å². The summed E-state index contributed by atoms with van der Waals surface area (Å²) in [4.78, 5) is 12.2. The van der Waals surface area contributed by atoms with Crippen molar-refractivity contribution in [2.24, 2.45) is 5.92 Å². The molecule has 0 saturated heterocycles. The molecule has 1 aromatic carbocycles. The lowest BCUT2D eigenvalue weighted by Crippen LogP contribution is -2.13. The van der Waals surface area contributed by atoms with Crippen molar-refractivity contribution in [2.75, 3.05) is 11.9 Å². The third kappa shape index (κ3) is 4.21. The van der Waals surface area contributed by atoms with Crippen molar-refractivity contribution in [1.82, 2.24) is 0 Å². The van der Waals surface area contributed by atoms with Gasteiger partial charge in [0.2, 0.25) is 0 Å². The standard InChI is InChI=1S/C15H16INO2S/c1-10(2)8-19-13-6-4-3-5-12(13)17-15(18)11-7-14(16)20-9-11/h3-7,9-10H,8H2,1-2H3,(H,17,18). The number of para-hydroxylation sites is 2. The number of carbonyl (C=O) groups excluding carboxylic acids is 1. The average Bonchev–Trinajstić information content (AvgIpc) is 2.84. The highest BCUT2D eigenvalue weighted by Gasteiger charge is 2.11. The van der Waals surface area contributed by atoms with Crippen molar-refractivity contribution in [1.29, 1.82) is 0 Å². The molecule has 0 atom stereocenters. The molecule has 1 amide bonds. The molecule has 2 aromatic rings. The van der Waals surface area contributed by atoms with Gasteiger partial charge in [-0.15, -0.1) is 11.3 Å². The molecule has 0 bridgehead atoms. The van der Waals surface area contributed by atoms with Gasteiger partial charge in [0.1, 0.15) is 5.75 Å². The SMILES string of the molecule is CC(C)COc1ccccc1NC(=O)c1csc(I)c1. The first-order valence-corrected chi connectivity index (χ1v) is 8.29. The fraction of sp³-hybridized carbons (Fsp3) is 0.267. The van der Waals surface area contributed by atoms with Gasteiger partial charge >= 0.3 is 0 Å². The van der Waals surface area contributed by atoms with Gasteiger partial charge in [-0.2, -0.15) is 0 Å². The third-order valence-corrected chi connectivity index (χ3v) is 4.33. The summed E-state index contributed by atoms with van der Waals surface area (Å²) < 4.78 is 6.82. The summed E-state index contributed by atoms with van der Waals surface area (Å²) in [5.41, 5.74) is 1.39. The van der Waals surface area contributed by atoms with E-state index in [1.807, 2.05) is 35.7 Å². The number of thiophene rings is 1. The van der Waals surface area contributed by atoms with Crippen LogP contribution in [-0.2, 0) is 0 Å². The Morgan fingerprint density at radius 2 is 2.15 bits per heavy atom. The number of halogens is 1. The van der Waals surface area contributed by atoms with Gasteiger partial charge in [-0.3, -0.25) is 4.79 Å². The Bertz CT molecular complexity index is 595. The van der Waals surface area contributed by atoms with E-state index in [9.17, 15) is 4.79 Å². The van der Waals surface area contributed by atoms with Gasteiger partial charge < -0.3 is 10.1 Å². The monoisotopic (exact) mass is 401 g/mol. The highest BCUT2D eigenvalue weighted by atomic mass is 127. The molecule has 0 unspecified atom stereocenters. The lowest BCUT2D eigenvalue weighted by molar-refractivity contribution is 0.102. The van der Waals surface area contributed by atoms with Crippen molar-refractivity contribution in [3.05, 3.63) is 44.2 Å². The van der Waals surface area contributed by atoms with Gasteiger partial charge in [0.05, 0.1) is 20.7 Å². The van der Waals surface area contributed by atoms with E-state index in [2.05, 4.69) is 41.8 Å². The minimum Gasteiger partial charge on any atom is -0.491 e. The van der Waals surface area contributed by atoms with Crippen molar-refractivity contribution in [2.45, 2.75) is 13.8 Å². The van der Waals surface area contributed by atoms with Gasteiger partial charge in [0.15, 0.2) is 0 Å². The van der Waals surface area contributed by atoms with Crippen LogP contribution in [0.2, 0.25) is 0 Å². The molecule has 0 spiro atoms. The molecule has 0 aliphatic carbocycles. The highest BCUT2D eigenvalue weighted by molar-refractivity contribution is 14.1. The number of rotatable bonds is 5. The Labute approximate surface area is 136 Å². The van der Waals surface area contributed by atoms with Crippen molar-refractivity contribution in [3.63, 3.8) is 0 Å². The summed E-state index contributed by atoms with van der Waals surface area (Å²) in [5.74, 6) is 1.04. The maximum Gasteiger partial charge on any atom is 0.256 e. The predicted octanol–water partition coefficient (Wildman–Crippen LogP) is 4.64. The van der Waals surface area contributed by atoms with Gasteiger partial charge in [-0.05, 0) is 46.7 Å². The number of amides is 1. The van der Waals surface area contributed by atoms with Crippen LogP contribution in [0.25, 0.3) is 0 Å². The zero-order valence-electron chi connectivity index (χ0n) is 11.4. The lowest BCUT2D eigenvalue weighted by atomic mass is 10.2. The quantitative estimate of drug-likeness (QED) is 0.742. The minimum absolute atomic E-state index is 0.107. The van der Waals surface area contributed by atoms with E-state index in [1.54, 1.807) is 11.3 Å². The van der Waals surface area contributed by atoms with E-state index in [-0.39, 0.29) is 5.91 Å². The molecule has 1 heterocycles. The molecule has 1 aromatic heterocycles. The van der Waals surface area contributed by atoms with Crippen molar-refractivity contribution < 1.29 is 9.53 Å². The van der Waals surface area contributed by atoms with Crippen LogP contribution < -0.4 is 10.1 Å². The summed E-state index contributed by atoms with van der Waals surface area (Å²) >= 11 is 3.76. The van der Waals surface area contributed by atoms with Crippen LogP contribution in [0.15, 0.2) is 35.7 Å². The number of nitrogens with one attached hydrogen (secondary N) is 1. The number of carbonyl (C=O) groups is 1. The third-order valence-electron chi connectivity index (χ3n) is 2.54. The van der Waals surface area contributed by atoms with Gasteiger partial charge in [0, 0.05) is 5.38 Å². The number of benzene rings is 1. The minimum atomic E-state index is -0.107. The molecule has 5 heteroatoms. The maximum absolute atomic E-state index is 12.2. The summed E-state index contributed by atoms with van der Waals surface area (Å²) in [7, 11) is 0. The second kappa shape index (κ2) is 7.08.